The molecule has 0 spiro atoms. The maximum atomic E-state index is 6.15. The van der Waals surface area contributed by atoms with E-state index in [0.717, 1.165) is 19.3 Å². The van der Waals surface area contributed by atoms with Crippen LogP contribution in [-0.4, -0.2) is 15.2 Å². The zero-order chi connectivity index (χ0) is 11.5. The average Bonchev–Trinajstić information content (AvgIpc) is 2.60. The van der Waals surface area contributed by atoms with E-state index in [0.29, 0.717) is 0 Å². The third-order valence-corrected chi connectivity index (χ3v) is 3.54. The third kappa shape index (κ3) is 2.67. The number of alkyl halides is 1. The molecule has 16 heavy (non-hydrogen) atoms. The van der Waals surface area contributed by atoms with Gasteiger partial charge in [-0.2, -0.15) is 5.10 Å². The highest BCUT2D eigenvalue weighted by molar-refractivity contribution is 6.21. The molecule has 88 valence electrons. The van der Waals surface area contributed by atoms with Crippen molar-refractivity contribution in [3.8, 4) is 0 Å². The Morgan fingerprint density at radius 3 is 3.00 bits per heavy atom. The van der Waals surface area contributed by atoms with Crippen LogP contribution < -0.4 is 0 Å². The fourth-order valence-electron chi connectivity index (χ4n) is 2.24. The summed E-state index contributed by atoms with van der Waals surface area (Å²) in [5.41, 5.74) is 3.95. The van der Waals surface area contributed by atoms with Gasteiger partial charge < -0.3 is 0 Å². The molecule has 1 aromatic heterocycles. The summed E-state index contributed by atoms with van der Waals surface area (Å²) in [5, 5.41) is 4.71. The van der Waals surface area contributed by atoms with Gasteiger partial charge in [-0.1, -0.05) is 18.6 Å². The van der Waals surface area contributed by atoms with Crippen molar-refractivity contribution in [2.75, 3.05) is 0 Å². The van der Waals surface area contributed by atoms with Crippen LogP contribution in [0.4, 0.5) is 0 Å². The highest BCUT2D eigenvalue weighted by atomic mass is 35.5. The summed E-state index contributed by atoms with van der Waals surface area (Å²) in [6, 6.07) is 2.21. The average molecular weight is 239 g/mol. The van der Waals surface area contributed by atoms with Crippen molar-refractivity contribution in [1.82, 2.24) is 9.78 Å². The van der Waals surface area contributed by atoms with Crippen molar-refractivity contribution in [2.24, 2.45) is 7.05 Å². The number of nitrogens with zero attached hydrogens (tertiary/aromatic N) is 2. The summed E-state index contributed by atoms with van der Waals surface area (Å²) in [6.45, 7) is 2.14. The van der Waals surface area contributed by atoms with Crippen molar-refractivity contribution >= 4 is 11.6 Å². The number of allylic oxidation sites excluding steroid dienone is 2. The van der Waals surface area contributed by atoms with E-state index in [1.54, 1.807) is 0 Å². The molecule has 3 heteroatoms. The number of aryl methyl sites for hydroxylation is 2. The Labute approximate surface area is 102 Å². The number of halogens is 1. The van der Waals surface area contributed by atoms with Gasteiger partial charge in [0.05, 0.1) is 11.1 Å². The van der Waals surface area contributed by atoms with Gasteiger partial charge in [0.15, 0.2) is 0 Å². The molecule has 0 aromatic carbocycles. The summed E-state index contributed by atoms with van der Waals surface area (Å²) >= 11 is 6.15. The smallest absolute Gasteiger partial charge is 0.0624 e. The molecule has 0 saturated carbocycles. The first-order chi connectivity index (χ1) is 7.69. The van der Waals surface area contributed by atoms with Gasteiger partial charge in [0, 0.05) is 19.2 Å². The molecule has 0 saturated heterocycles. The summed E-state index contributed by atoms with van der Waals surface area (Å²) < 4.78 is 2.00. The molecule has 0 bridgehead atoms. The SMILES string of the molecule is CCc1cc(CC2=CC(Cl)CCC2)n(C)n1. The Balaban J connectivity index is 2.11. The fourth-order valence-corrected chi connectivity index (χ4v) is 2.57. The van der Waals surface area contributed by atoms with Gasteiger partial charge in [0.25, 0.3) is 0 Å². The topological polar surface area (TPSA) is 17.8 Å². The van der Waals surface area contributed by atoms with Crippen molar-refractivity contribution < 1.29 is 0 Å². The summed E-state index contributed by atoms with van der Waals surface area (Å²) in [7, 11) is 2.02. The van der Waals surface area contributed by atoms with E-state index >= 15 is 0 Å². The normalized spacial score (nSPS) is 20.9. The van der Waals surface area contributed by atoms with E-state index in [4.69, 9.17) is 11.6 Å². The number of hydrogen-bond acceptors (Lipinski definition) is 1. The van der Waals surface area contributed by atoms with Crippen LogP contribution in [0.1, 0.15) is 37.6 Å². The molecule has 2 nitrogen and oxygen atoms in total. The summed E-state index contributed by atoms with van der Waals surface area (Å²) in [6.07, 6.45) is 7.77. The Morgan fingerprint density at radius 2 is 2.38 bits per heavy atom. The van der Waals surface area contributed by atoms with Crippen LogP contribution in [0.3, 0.4) is 0 Å². The molecule has 1 unspecified atom stereocenters. The van der Waals surface area contributed by atoms with Gasteiger partial charge in [-0.05, 0) is 31.7 Å². The van der Waals surface area contributed by atoms with Gasteiger partial charge in [-0.3, -0.25) is 4.68 Å². The molecule has 0 aliphatic heterocycles. The first-order valence-electron chi connectivity index (χ1n) is 6.04. The second kappa shape index (κ2) is 5.05. The molecule has 0 amide bonds. The summed E-state index contributed by atoms with van der Waals surface area (Å²) in [5.74, 6) is 0. The Kier molecular flexibility index (Phi) is 3.70. The van der Waals surface area contributed by atoms with Crippen LogP contribution in [0.2, 0.25) is 0 Å². The van der Waals surface area contributed by atoms with Crippen molar-refractivity contribution in [3.05, 3.63) is 29.1 Å². The minimum absolute atomic E-state index is 0.239. The van der Waals surface area contributed by atoms with Crippen LogP contribution >= 0.6 is 11.6 Å². The summed E-state index contributed by atoms with van der Waals surface area (Å²) in [4.78, 5) is 0. The quantitative estimate of drug-likeness (QED) is 0.584. The van der Waals surface area contributed by atoms with Crippen LogP contribution in [0.15, 0.2) is 17.7 Å². The zero-order valence-electron chi connectivity index (χ0n) is 10.0. The standard InChI is InChI=1S/C13H19ClN2/c1-3-12-9-13(16(2)15-12)8-10-5-4-6-11(14)7-10/h7,9,11H,3-6,8H2,1-2H3. The van der Waals surface area contributed by atoms with Crippen LogP contribution in [0.5, 0.6) is 0 Å². The largest absolute Gasteiger partial charge is 0.272 e. The highest BCUT2D eigenvalue weighted by Gasteiger charge is 2.13. The maximum absolute atomic E-state index is 6.15. The molecule has 0 N–H and O–H groups in total. The lowest BCUT2D eigenvalue weighted by molar-refractivity contribution is 0.665. The lowest BCUT2D eigenvalue weighted by Gasteiger charge is -2.16. The van der Waals surface area contributed by atoms with Crippen LogP contribution in [0.25, 0.3) is 0 Å². The van der Waals surface area contributed by atoms with Crippen LogP contribution in [0, 0.1) is 0 Å². The Bertz CT molecular complexity index is 393. The Morgan fingerprint density at radius 1 is 1.56 bits per heavy atom. The molecule has 1 aliphatic carbocycles. The molecule has 1 heterocycles. The molecule has 0 fully saturated rings. The molecule has 0 radical (unpaired) electrons. The van der Waals surface area contributed by atoms with E-state index in [-0.39, 0.29) is 5.38 Å². The molecule has 1 aliphatic rings. The highest BCUT2D eigenvalue weighted by Crippen LogP contribution is 2.24. The monoisotopic (exact) mass is 238 g/mol. The molecular weight excluding hydrogens is 220 g/mol. The fraction of sp³-hybridized carbons (Fsp3) is 0.615. The van der Waals surface area contributed by atoms with Gasteiger partial charge in [-0.15, -0.1) is 11.6 Å². The van der Waals surface area contributed by atoms with Crippen molar-refractivity contribution in [3.63, 3.8) is 0 Å². The number of hydrogen-bond donors (Lipinski definition) is 0. The predicted molar refractivity (Wildman–Crippen MR) is 67.9 cm³/mol. The van der Waals surface area contributed by atoms with Crippen molar-refractivity contribution in [1.29, 1.82) is 0 Å². The van der Waals surface area contributed by atoms with Crippen molar-refractivity contribution in [2.45, 2.75) is 44.4 Å². The third-order valence-electron chi connectivity index (χ3n) is 3.19. The Hall–Kier alpha value is -0.760. The van der Waals surface area contributed by atoms with Gasteiger partial charge in [-0.25, -0.2) is 0 Å². The predicted octanol–water partition coefficient (Wildman–Crippen LogP) is 3.24. The van der Waals surface area contributed by atoms with E-state index in [2.05, 4.69) is 24.2 Å². The van der Waals surface area contributed by atoms with E-state index < -0.39 is 0 Å². The molecule has 2 rings (SSSR count). The number of rotatable bonds is 3. The van der Waals surface area contributed by atoms with Gasteiger partial charge >= 0.3 is 0 Å². The maximum Gasteiger partial charge on any atom is 0.0624 e. The number of aromatic nitrogens is 2. The van der Waals surface area contributed by atoms with Gasteiger partial charge in [0.1, 0.15) is 0 Å². The van der Waals surface area contributed by atoms with Crippen LogP contribution in [-0.2, 0) is 19.9 Å². The molecular formula is C13H19ClN2. The first-order valence-corrected chi connectivity index (χ1v) is 6.48. The van der Waals surface area contributed by atoms with E-state index in [9.17, 15) is 0 Å². The van der Waals surface area contributed by atoms with E-state index in [1.807, 2.05) is 11.7 Å². The van der Waals surface area contributed by atoms with E-state index in [1.165, 1.54) is 29.8 Å². The zero-order valence-corrected chi connectivity index (χ0v) is 10.8. The first kappa shape index (κ1) is 11.7. The molecule has 1 aromatic rings. The second-order valence-electron chi connectivity index (χ2n) is 4.51. The lowest BCUT2D eigenvalue weighted by Crippen LogP contribution is -2.07. The molecule has 1 atom stereocenters. The lowest BCUT2D eigenvalue weighted by atomic mass is 9.95. The minimum atomic E-state index is 0.239. The van der Waals surface area contributed by atoms with Gasteiger partial charge in [0.2, 0.25) is 0 Å². The second-order valence-corrected chi connectivity index (χ2v) is 5.07. The minimum Gasteiger partial charge on any atom is -0.272 e.